The summed E-state index contributed by atoms with van der Waals surface area (Å²) in [4.78, 5) is 10.1. The van der Waals surface area contributed by atoms with Gasteiger partial charge in [-0.1, -0.05) is 6.42 Å². The molecule has 0 unspecified atom stereocenters. The molecule has 0 aromatic rings. The van der Waals surface area contributed by atoms with Gasteiger partial charge < -0.3 is 5.11 Å². The van der Waals surface area contributed by atoms with Crippen molar-refractivity contribution in [1.29, 1.82) is 0 Å². The van der Waals surface area contributed by atoms with Crippen LogP contribution < -0.4 is 4.72 Å². The lowest BCUT2D eigenvalue weighted by Crippen LogP contribution is -2.35. The Morgan fingerprint density at radius 3 is 2.46 bits per heavy atom. The number of aliphatic carboxylic acids is 1. The van der Waals surface area contributed by atoms with E-state index in [4.69, 9.17) is 5.11 Å². The van der Waals surface area contributed by atoms with Crippen LogP contribution >= 0.6 is 0 Å². The van der Waals surface area contributed by atoms with E-state index in [1.165, 1.54) is 0 Å². The zero-order valence-electron chi connectivity index (χ0n) is 7.19. The molecule has 2 N–H and O–H groups in total. The maximum absolute atomic E-state index is 11.2. The second kappa shape index (κ2) is 4.06. The third kappa shape index (κ3) is 3.73. The summed E-state index contributed by atoms with van der Waals surface area (Å²) in [7, 11) is -3.37. The van der Waals surface area contributed by atoms with Gasteiger partial charge in [-0.25, -0.2) is 13.1 Å². The van der Waals surface area contributed by atoms with Gasteiger partial charge in [0.25, 0.3) is 0 Å². The van der Waals surface area contributed by atoms with E-state index in [0.29, 0.717) is 0 Å². The molecule has 5 nitrogen and oxygen atoms in total. The molecule has 1 aliphatic rings. The molecule has 0 aromatic heterocycles. The number of carbonyl (C=O) groups is 1. The molecule has 0 spiro atoms. The van der Waals surface area contributed by atoms with Crippen LogP contribution in [0, 0.1) is 5.92 Å². The van der Waals surface area contributed by atoms with Crippen molar-refractivity contribution >= 4 is 16.0 Å². The third-order valence-electron chi connectivity index (χ3n) is 2.12. The molecule has 0 aliphatic heterocycles. The van der Waals surface area contributed by atoms with Gasteiger partial charge in [-0.15, -0.1) is 0 Å². The predicted molar refractivity (Wildman–Crippen MR) is 46.8 cm³/mol. The molecule has 0 atom stereocenters. The van der Waals surface area contributed by atoms with Crippen LogP contribution in [0.3, 0.4) is 0 Å². The monoisotopic (exact) mass is 207 g/mol. The topological polar surface area (TPSA) is 83.5 Å². The Morgan fingerprint density at radius 2 is 2.08 bits per heavy atom. The van der Waals surface area contributed by atoms with Crippen LogP contribution in [0.15, 0.2) is 0 Å². The molecule has 6 heteroatoms. The highest BCUT2D eigenvalue weighted by atomic mass is 32.2. The molecular formula is C7H13NO4S. The Kier molecular flexibility index (Phi) is 3.27. The lowest BCUT2D eigenvalue weighted by Gasteiger charge is -2.24. The van der Waals surface area contributed by atoms with E-state index >= 15 is 0 Å². The lowest BCUT2D eigenvalue weighted by molar-refractivity contribution is -0.135. The summed E-state index contributed by atoms with van der Waals surface area (Å²) < 4.78 is 24.4. The first-order valence-electron chi connectivity index (χ1n) is 4.19. The summed E-state index contributed by atoms with van der Waals surface area (Å²) in [6.07, 6.45) is 2.96. The van der Waals surface area contributed by atoms with Gasteiger partial charge in [0, 0.05) is 0 Å². The van der Waals surface area contributed by atoms with E-state index in [1.807, 2.05) is 4.72 Å². The van der Waals surface area contributed by atoms with Crippen molar-refractivity contribution < 1.29 is 18.3 Å². The fourth-order valence-corrected chi connectivity index (χ4v) is 2.62. The number of carboxylic acid groups (broad SMARTS) is 1. The van der Waals surface area contributed by atoms with Crippen molar-refractivity contribution in [3.63, 3.8) is 0 Å². The molecule has 0 amide bonds. The summed E-state index contributed by atoms with van der Waals surface area (Å²) >= 11 is 0. The second-order valence-electron chi connectivity index (χ2n) is 3.29. The molecule has 1 rings (SSSR count). The number of rotatable bonds is 5. The highest BCUT2D eigenvalue weighted by Gasteiger charge is 2.24. The lowest BCUT2D eigenvalue weighted by atomic mass is 9.87. The van der Waals surface area contributed by atoms with Gasteiger partial charge in [0.05, 0.1) is 5.75 Å². The quantitative estimate of drug-likeness (QED) is 0.653. The molecule has 0 saturated heterocycles. The van der Waals surface area contributed by atoms with E-state index in [9.17, 15) is 13.2 Å². The Bertz CT molecular complexity index is 281. The summed E-state index contributed by atoms with van der Waals surface area (Å²) in [5.74, 6) is -0.858. The third-order valence-corrected chi connectivity index (χ3v) is 3.62. The maximum atomic E-state index is 11.2. The smallest absolute Gasteiger partial charge is 0.318 e. The largest absolute Gasteiger partial charge is 0.480 e. The van der Waals surface area contributed by atoms with E-state index in [-0.39, 0.29) is 11.7 Å². The Hall–Kier alpha value is -0.620. The molecule has 76 valence electrons. The molecule has 0 aromatic carbocycles. The predicted octanol–water partition coefficient (Wildman–Crippen LogP) is -0.210. The van der Waals surface area contributed by atoms with Crippen molar-refractivity contribution in [2.24, 2.45) is 5.92 Å². The first-order chi connectivity index (χ1) is 5.99. The molecule has 1 saturated carbocycles. The number of carboxylic acids is 1. The summed E-state index contributed by atoms with van der Waals surface area (Å²) in [5, 5.41) is 8.26. The van der Waals surface area contributed by atoms with Gasteiger partial charge >= 0.3 is 5.97 Å². The molecule has 13 heavy (non-hydrogen) atoms. The first kappa shape index (κ1) is 10.5. The van der Waals surface area contributed by atoms with Crippen LogP contribution in [0.5, 0.6) is 0 Å². The molecule has 1 fully saturated rings. The van der Waals surface area contributed by atoms with Crippen LogP contribution in [-0.4, -0.2) is 31.8 Å². The molecule has 0 bridgehead atoms. The fourth-order valence-electron chi connectivity index (χ4n) is 1.20. The minimum atomic E-state index is -3.37. The summed E-state index contributed by atoms with van der Waals surface area (Å²) in [5.41, 5.74) is 0. The van der Waals surface area contributed by atoms with Crippen LogP contribution in [0.4, 0.5) is 0 Å². The van der Waals surface area contributed by atoms with Gasteiger partial charge in [0.2, 0.25) is 10.0 Å². The molecule has 1 aliphatic carbocycles. The van der Waals surface area contributed by atoms with E-state index in [1.54, 1.807) is 0 Å². The highest BCUT2D eigenvalue weighted by molar-refractivity contribution is 7.89. The van der Waals surface area contributed by atoms with Crippen LogP contribution in [0.1, 0.15) is 19.3 Å². The summed E-state index contributed by atoms with van der Waals surface area (Å²) in [6, 6.07) is 0. The SMILES string of the molecule is O=C(O)CNS(=O)(=O)CC1CCC1. The maximum Gasteiger partial charge on any atom is 0.318 e. The van der Waals surface area contributed by atoms with E-state index < -0.39 is 22.5 Å². The number of hydrogen-bond acceptors (Lipinski definition) is 3. The van der Waals surface area contributed by atoms with Crippen LogP contribution in [-0.2, 0) is 14.8 Å². The van der Waals surface area contributed by atoms with Gasteiger partial charge in [-0.05, 0) is 18.8 Å². The van der Waals surface area contributed by atoms with Gasteiger partial charge in [0.15, 0.2) is 0 Å². The Balaban J connectivity index is 2.32. The van der Waals surface area contributed by atoms with Gasteiger partial charge in [-0.3, -0.25) is 4.79 Å². The zero-order chi connectivity index (χ0) is 9.90. The average molecular weight is 207 g/mol. The number of hydrogen-bond donors (Lipinski definition) is 2. The summed E-state index contributed by atoms with van der Waals surface area (Å²) in [6.45, 7) is -0.519. The minimum Gasteiger partial charge on any atom is -0.480 e. The molecular weight excluding hydrogens is 194 g/mol. The average Bonchev–Trinajstić information content (AvgIpc) is 1.94. The van der Waals surface area contributed by atoms with Crippen molar-refractivity contribution in [1.82, 2.24) is 4.72 Å². The van der Waals surface area contributed by atoms with Crippen molar-refractivity contribution in [3.8, 4) is 0 Å². The molecule has 0 radical (unpaired) electrons. The van der Waals surface area contributed by atoms with E-state index in [0.717, 1.165) is 19.3 Å². The van der Waals surface area contributed by atoms with Crippen LogP contribution in [0.2, 0.25) is 0 Å². The van der Waals surface area contributed by atoms with Gasteiger partial charge in [0.1, 0.15) is 6.54 Å². The van der Waals surface area contributed by atoms with Crippen molar-refractivity contribution in [2.45, 2.75) is 19.3 Å². The zero-order valence-corrected chi connectivity index (χ0v) is 8.01. The van der Waals surface area contributed by atoms with Crippen molar-refractivity contribution in [2.75, 3.05) is 12.3 Å². The normalized spacial score (nSPS) is 18.2. The standard InChI is InChI=1S/C7H13NO4S/c9-7(10)4-8-13(11,12)5-6-2-1-3-6/h6,8H,1-5H2,(H,9,10). The molecule has 0 heterocycles. The van der Waals surface area contributed by atoms with E-state index in [2.05, 4.69) is 0 Å². The highest BCUT2D eigenvalue weighted by Crippen LogP contribution is 2.27. The Morgan fingerprint density at radius 1 is 1.46 bits per heavy atom. The number of sulfonamides is 1. The van der Waals surface area contributed by atoms with Crippen LogP contribution in [0.25, 0.3) is 0 Å². The first-order valence-corrected chi connectivity index (χ1v) is 5.84. The Labute approximate surface area is 77.2 Å². The number of nitrogens with one attached hydrogen (secondary N) is 1. The van der Waals surface area contributed by atoms with Gasteiger partial charge in [-0.2, -0.15) is 0 Å². The fraction of sp³-hybridized carbons (Fsp3) is 0.857. The minimum absolute atomic E-state index is 0.0697. The van der Waals surface area contributed by atoms with Crippen molar-refractivity contribution in [3.05, 3.63) is 0 Å². The second-order valence-corrected chi connectivity index (χ2v) is 5.14.